The molecule has 0 bridgehead atoms. The number of halogens is 1. The standard InChI is InChI=1S/C10H14ClN3O2S/c1-12-9(15)8-6-16-3-2-14(8)5-7-4-13-10(11)17-7/h4,8H,2-3,5-6H2,1H3,(H,12,15). The Morgan fingerprint density at radius 2 is 2.65 bits per heavy atom. The molecule has 1 aromatic heterocycles. The molecule has 1 aliphatic rings. The monoisotopic (exact) mass is 275 g/mol. The van der Waals surface area contributed by atoms with Gasteiger partial charge in [0.15, 0.2) is 4.47 Å². The molecule has 2 rings (SSSR count). The van der Waals surface area contributed by atoms with Crippen molar-refractivity contribution in [2.75, 3.05) is 26.8 Å². The summed E-state index contributed by atoms with van der Waals surface area (Å²) < 4.78 is 5.87. The van der Waals surface area contributed by atoms with Gasteiger partial charge in [-0.2, -0.15) is 0 Å². The minimum absolute atomic E-state index is 0.0136. The molecule has 1 atom stereocenters. The first-order chi connectivity index (χ1) is 8.20. The maximum atomic E-state index is 11.7. The molecule has 7 heteroatoms. The van der Waals surface area contributed by atoms with Crippen LogP contribution in [0.15, 0.2) is 6.20 Å². The predicted molar refractivity (Wildman–Crippen MR) is 66.2 cm³/mol. The third-order valence-corrected chi connectivity index (χ3v) is 3.77. The lowest BCUT2D eigenvalue weighted by atomic mass is 10.2. The Morgan fingerprint density at radius 1 is 1.82 bits per heavy atom. The van der Waals surface area contributed by atoms with Crippen LogP contribution in [0.5, 0.6) is 0 Å². The Hall–Kier alpha value is -0.690. The molecule has 1 aromatic rings. The van der Waals surface area contributed by atoms with Crippen molar-refractivity contribution >= 4 is 28.8 Å². The Balaban J connectivity index is 2.03. The number of rotatable bonds is 3. The molecule has 2 heterocycles. The van der Waals surface area contributed by atoms with Crippen molar-refractivity contribution in [1.29, 1.82) is 0 Å². The van der Waals surface area contributed by atoms with Crippen LogP contribution in [-0.2, 0) is 16.1 Å². The van der Waals surface area contributed by atoms with Gasteiger partial charge in [0.1, 0.15) is 6.04 Å². The fourth-order valence-electron chi connectivity index (χ4n) is 1.79. The Morgan fingerprint density at radius 3 is 3.29 bits per heavy atom. The summed E-state index contributed by atoms with van der Waals surface area (Å²) in [6, 6.07) is -0.227. The maximum Gasteiger partial charge on any atom is 0.239 e. The van der Waals surface area contributed by atoms with E-state index in [0.29, 0.717) is 24.2 Å². The number of aromatic nitrogens is 1. The molecule has 0 aliphatic carbocycles. The fourth-order valence-corrected chi connectivity index (χ4v) is 2.80. The van der Waals surface area contributed by atoms with Gasteiger partial charge >= 0.3 is 0 Å². The van der Waals surface area contributed by atoms with Gasteiger partial charge in [0.05, 0.1) is 13.2 Å². The van der Waals surface area contributed by atoms with Gasteiger partial charge in [0.2, 0.25) is 5.91 Å². The Labute approximate surface area is 109 Å². The molecule has 1 fully saturated rings. The lowest BCUT2D eigenvalue weighted by Gasteiger charge is -2.33. The smallest absolute Gasteiger partial charge is 0.239 e. The Bertz CT molecular complexity index is 399. The quantitative estimate of drug-likeness (QED) is 0.884. The molecular weight excluding hydrogens is 262 g/mol. The second-order valence-corrected chi connectivity index (χ2v) is 5.45. The lowest BCUT2D eigenvalue weighted by Crippen LogP contribution is -2.52. The third-order valence-electron chi connectivity index (χ3n) is 2.67. The van der Waals surface area contributed by atoms with Crippen LogP contribution in [0.2, 0.25) is 4.47 Å². The van der Waals surface area contributed by atoms with Crippen LogP contribution in [0.25, 0.3) is 0 Å². The number of carbonyl (C=O) groups excluding carboxylic acids is 1. The topological polar surface area (TPSA) is 54.5 Å². The highest BCUT2D eigenvalue weighted by Crippen LogP contribution is 2.21. The molecule has 0 aromatic carbocycles. The van der Waals surface area contributed by atoms with E-state index in [-0.39, 0.29) is 11.9 Å². The highest BCUT2D eigenvalue weighted by molar-refractivity contribution is 7.15. The highest BCUT2D eigenvalue weighted by Gasteiger charge is 2.28. The second-order valence-electron chi connectivity index (χ2n) is 3.75. The molecule has 1 N–H and O–H groups in total. The van der Waals surface area contributed by atoms with E-state index in [9.17, 15) is 4.79 Å². The molecule has 17 heavy (non-hydrogen) atoms. The molecule has 1 unspecified atom stereocenters. The van der Waals surface area contributed by atoms with Crippen molar-refractivity contribution in [2.24, 2.45) is 0 Å². The van der Waals surface area contributed by atoms with E-state index in [4.69, 9.17) is 16.3 Å². The molecule has 5 nitrogen and oxygen atoms in total. The first kappa shape index (κ1) is 12.8. The summed E-state index contributed by atoms with van der Waals surface area (Å²) in [5.74, 6) is -0.0136. The zero-order valence-corrected chi connectivity index (χ0v) is 11.1. The predicted octanol–water partition coefficient (Wildman–Crippen LogP) is 0.743. The zero-order valence-electron chi connectivity index (χ0n) is 9.48. The summed E-state index contributed by atoms with van der Waals surface area (Å²) in [7, 11) is 1.64. The van der Waals surface area contributed by atoms with Gasteiger partial charge in [-0.05, 0) is 0 Å². The van der Waals surface area contributed by atoms with Gasteiger partial charge in [-0.1, -0.05) is 11.6 Å². The number of ether oxygens (including phenoxy) is 1. The molecule has 94 valence electrons. The van der Waals surface area contributed by atoms with E-state index in [2.05, 4.69) is 15.2 Å². The number of carbonyl (C=O) groups is 1. The van der Waals surface area contributed by atoms with Gasteiger partial charge in [-0.25, -0.2) is 4.98 Å². The van der Waals surface area contributed by atoms with E-state index >= 15 is 0 Å². The Kier molecular flexibility index (Phi) is 4.33. The van der Waals surface area contributed by atoms with Crippen molar-refractivity contribution in [2.45, 2.75) is 12.6 Å². The van der Waals surface area contributed by atoms with Crippen molar-refractivity contribution in [3.8, 4) is 0 Å². The molecule has 0 radical (unpaired) electrons. The SMILES string of the molecule is CNC(=O)C1COCCN1Cc1cnc(Cl)s1. The first-order valence-corrected chi connectivity index (χ1v) is 6.53. The van der Waals surface area contributed by atoms with Crippen molar-refractivity contribution in [1.82, 2.24) is 15.2 Å². The largest absolute Gasteiger partial charge is 0.378 e. The van der Waals surface area contributed by atoms with Crippen LogP contribution in [0.3, 0.4) is 0 Å². The minimum atomic E-state index is -0.227. The van der Waals surface area contributed by atoms with Crippen molar-refractivity contribution in [3.63, 3.8) is 0 Å². The van der Waals surface area contributed by atoms with E-state index in [1.54, 1.807) is 13.2 Å². The molecule has 0 saturated carbocycles. The lowest BCUT2D eigenvalue weighted by molar-refractivity contribution is -0.132. The summed E-state index contributed by atoms with van der Waals surface area (Å²) in [5, 5.41) is 2.66. The number of hydrogen-bond acceptors (Lipinski definition) is 5. The summed E-state index contributed by atoms with van der Waals surface area (Å²) >= 11 is 7.23. The summed E-state index contributed by atoms with van der Waals surface area (Å²) in [6.07, 6.45) is 1.75. The fraction of sp³-hybridized carbons (Fsp3) is 0.600. The molecule has 1 amide bonds. The third kappa shape index (κ3) is 3.16. The number of likely N-dealkylation sites (N-methyl/N-ethyl adjacent to an activating group) is 1. The van der Waals surface area contributed by atoms with Gasteiger partial charge in [0, 0.05) is 31.2 Å². The van der Waals surface area contributed by atoms with E-state index in [1.807, 2.05) is 0 Å². The van der Waals surface area contributed by atoms with Crippen molar-refractivity contribution in [3.05, 3.63) is 15.5 Å². The highest BCUT2D eigenvalue weighted by atomic mass is 35.5. The van der Waals surface area contributed by atoms with Gasteiger partial charge in [-0.3, -0.25) is 9.69 Å². The normalized spacial score (nSPS) is 21.4. The molecule has 1 aliphatic heterocycles. The summed E-state index contributed by atoms with van der Waals surface area (Å²) in [4.78, 5) is 18.8. The number of nitrogens with zero attached hydrogens (tertiary/aromatic N) is 2. The van der Waals surface area contributed by atoms with Crippen LogP contribution in [0.1, 0.15) is 4.88 Å². The maximum absolute atomic E-state index is 11.7. The average molecular weight is 276 g/mol. The van der Waals surface area contributed by atoms with Crippen LogP contribution in [0.4, 0.5) is 0 Å². The number of thiazole rings is 1. The van der Waals surface area contributed by atoms with Crippen LogP contribution in [-0.4, -0.2) is 48.6 Å². The van der Waals surface area contributed by atoms with Gasteiger partial charge in [-0.15, -0.1) is 11.3 Å². The number of amides is 1. The minimum Gasteiger partial charge on any atom is -0.378 e. The number of nitrogens with one attached hydrogen (secondary N) is 1. The molecule has 1 saturated heterocycles. The van der Waals surface area contributed by atoms with E-state index < -0.39 is 0 Å². The molecular formula is C10H14ClN3O2S. The van der Waals surface area contributed by atoms with Crippen LogP contribution >= 0.6 is 22.9 Å². The average Bonchev–Trinajstić information content (AvgIpc) is 2.74. The zero-order chi connectivity index (χ0) is 12.3. The van der Waals surface area contributed by atoms with E-state index in [0.717, 1.165) is 11.4 Å². The van der Waals surface area contributed by atoms with E-state index in [1.165, 1.54) is 11.3 Å². The van der Waals surface area contributed by atoms with Crippen LogP contribution < -0.4 is 5.32 Å². The second kappa shape index (κ2) is 5.77. The number of morpholine rings is 1. The number of hydrogen-bond donors (Lipinski definition) is 1. The van der Waals surface area contributed by atoms with Gasteiger partial charge < -0.3 is 10.1 Å². The van der Waals surface area contributed by atoms with Crippen LogP contribution in [0, 0.1) is 0 Å². The first-order valence-electron chi connectivity index (χ1n) is 5.34. The molecule has 0 spiro atoms. The van der Waals surface area contributed by atoms with Crippen molar-refractivity contribution < 1.29 is 9.53 Å². The summed E-state index contributed by atoms with van der Waals surface area (Å²) in [6.45, 7) is 2.52. The summed E-state index contributed by atoms with van der Waals surface area (Å²) in [5.41, 5.74) is 0. The van der Waals surface area contributed by atoms with Gasteiger partial charge in [0.25, 0.3) is 0 Å².